The zero-order chi connectivity index (χ0) is 11.4. The lowest BCUT2D eigenvalue weighted by Gasteiger charge is -2.14. The number of hydrogen-bond donors (Lipinski definition) is 1. The van der Waals surface area contributed by atoms with Gasteiger partial charge < -0.3 is 5.11 Å². The van der Waals surface area contributed by atoms with Gasteiger partial charge in [-0.3, -0.25) is 4.90 Å². The molecule has 1 aromatic rings. The van der Waals surface area contributed by atoms with E-state index in [9.17, 15) is 0 Å². The van der Waals surface area contributed by atoms with Crippen molar-refractivity contribution in [3.05, 3.63) is 5.82 Å². The average Bonchev–Trinajstić information content (AvgIpc) is 2.90. The molecule has 16 heavy (non-hydrogen) atoms. The van der Waals surface area contributed by atoms with E-state index < -0.39 is 0 Å². The van der Waals surface area contributed by atoms with E-state index in [1.54, 1.807) is 0 Å². The van der Waals surface area contributed by atoms with Gasteiger partial charge in [0.1, 0.15) is 0 Å². The molecule has 90 valence electrons. The van der Waals surface area contributed by atoms with Gasteiger partial charge in [0.05, 0.1) is 6.54 Å². The zero-order valence-electron chi connectivity index (χ0n) is 9.71. The number of tetrazole rings is 1. The van der Waals surface area contributed by atoms with Gasteiger partial charge in [-0.1, -0.05) is 6.92 Å². The number of hydrogen-bond acceptors (Lipinski definition) is 5. The van der Waals surface area contributed by atoms with Crippen LogP contribution < -0.4 is 0 Å². The van der Waals surface area contributed by atoms with Gasteiger partial charge in [0.25, 0.3) is 0 Å². The third-order valence-corrected chi connectivity index (χ3v) is 3.03. The van der Waals surface area contributed by atoms with Crippen LogP contribution in [0.5, 0.6) is 0 Å². The second-order valence-electron chi connectivity index (χ2n) is 4.39. The van der Waals surface area contributed by atoms with Crippen LogP contribution in [-0.2, 0) is 13.1 Å². The van der Waals surface area contributed by atoms with Crippen LogP contribution in [0, 0.1) is 5.92 Å². The Labute approximate surface area is 95.2 Å². The number of aliphatic hydroxyl groups excluding tert-OH is 1. The summed E-state index contributed by atoms with van der Waals surface area (Å²) in [6, 6.07) is 0. The summed E-state index contributed by atoms with van der Waals surface area (Å²) in [6.07, 6.45) is 2.11. The number of likely N-dealkylation sites (tertiary alicyclic amines) is 1. The van der Waals surface area contributed by atoms with Gasteiger partial charge in [0, 0.05) is 19.7 Å². The van der Waals surface area contributed by atoms with Crippen molar-refractivity contribution in [3.8, 4) is 0 Å². The predicted molar refractivity (Wildman–Crippen MR) is 58.6 cm³/mol. The Balaban J connectivity index is 1.91. The van der Waals surface area contributed by atoms with E-state index in [0.29, 0.717) is 5.92 Å². The summed E-state index contributed by atoms with van der Waals surface area (Å²) >= 11 is 0. The van der Waals surface area contributed by atoms with E-state index in [1.807, 2.05) is 4.68 Å². The van der Waals surface area contributed by atoms with E-state index in [0.717, 1.165) is 44.8 Å². The van der Waals surface area contributed by atoms with Gasteiger partial charge in [0.15, 0.2) is 5.82 Å². The number of aryl methyl sites for hydroxylation is 1. The molecule has 1 fully saturated rings. The molecule has 1 atom stereocenters. The van der Waals surface area contributed by atoms with E-state index in [-0.39, 0.29) is 6.61 Å². The van der Waals surface area contributed by atoms with Crippen LogP contribution in [0.3, 0.4) is 0 Å². The molecule has 6 nitrogen and oxygen atoms in total. The fourth-order valence-electron chi connectivity index (χ4n) is 2.13. The van der Waals surface area contributed by atoms with Crippen molar-refractivity contribution in [2.75, 3.05) is 19.7 Å². The lowest BCUT2D eigenvalue weighted by Crippen LogP contribution is -2.23. The summed E-state index contributed by atoms with van der Waals surface area (Å²) in [6.45, 7) is 6.06. The molecule has 1 aromatic heterocycles. The van der Waals surface area contributed by atoms with E-state index in [1.165, 1.54) is 0 Å². The van der Waals surface area contributed by atoms with Crippen molar-refractivity contribution < 1.29 is 5.11 Å². The smallest absolute Gasteiger partial charge is 0.165 e. The van der Waals surface area contributed by atoms with Crippen LogP contribution >= 0.6 is 0 Å². The summed E-state index contributed by atoms with van der Waals surface area (Å²) in [7, 11) is 0. The first-order chi connectivity index (χ1) is 7.83. The molecule has 0 aromatic carbocycles. The van der Waals surface area contributed by atoms with E-state index >= 15 is 0 Å². The van der Waals surface area contributed by atoms with Crippen LogP contribution in [0.15, 0.2) is 0 Å². The van der Waals surface area contributed by atoms with E-state index in [4.69, 9.17) is 5.11 Å². The molecule has 0 saturated carbocycles. The van der Waals surface area contributed by atoms with Crippen LogP contribution in [0.2, 0.25) is 0 Å². The van der Waals surface area contributed by atoms with Gasteiger partial charge >= 0.3 is 0 Å². The Morgan fingerprint density at radius 2 is 2.38 bits per heavy atom. The quantitative estimate of drug-likeness (QED) is 0.758. The Morgan fingerprint density at radius 3 is 3.06 bits per heavy atom. The summed E-state index contributed by atoms with van der Waals surface area (Å²) in [5.41, 5.74) is 0. The third-order valence-electron chi connectivity index (χ3n) is 3.03. The molecular formula is C10H19N5O. The molecule has 1 N–H and O–H groups in total. The Kier molecular flexibility index (Phi) is 3.84. The normalized spacial score (nSPS) is 21.8. The molecule has 2 heterocycles. The maximum Gasteiger partial charge on any atom is 0.165 e. The van der Waals surface area contributed by atoms with Crippen molar-refractivity contribution in [1.82, 2.24) is 25.1 Å². The summed E-state index contributed by atoms with van der Waals surface area (Å²) < 4.78 is 1.87. The highest BCUT2D eigenvalue weighted by Crippen LogP contribution is 2.17. The summed E-state index contributed by atoms with van der Waals surface area (Å²) in [5.74, 6) is 1.36. The standard InChI is InChI=1S/C10H19N5O/c1-2-4-15-10(11-12-13-15)7-14-5-3-9(6-14)8-16/h9,16H,2-8H2,1H3. The summed E-state index contributed by atoms with van der Waals surface area (Å²) in [4.78, 5) is 2.30. The van der Waals surface area contributed by atoms with Crippen molar-refractivity contribution >= 4 is 0 Å². The predicted octanol–water partition coefficient (Wildman–Crippen LogP) is -0.103. The van der Waals surface area contributed by atoms with Crippen molar-refractivity contribution in [2.24, 2.45) is 5.92 Å². The van der Waals surface area contributed by atoms with Gasteiger partial charge in [0.2, 0.25) is 0 Å². The molecule has 6 heteroatoms. The highest BCUT2D eigenvalue weighted by molar-refractivity contribution is 4.84. The molecule has 0 amide bonds. The minimum atomic E-state index is 0.288. The second-order valence-corrected chi connectivity index (χ2v) is 4.39. The first-order valence-corrected chi connectivity index (χ1v) is 5.91. The SMILES string of the molecule is CCCn1nnnc1CN1CCC(CO)C1. The Bertz CT molecular complexity index is 327. The fourth-order valence-corrected chi connectivity index (χ4v) is 2.13. The van der Waals surface area contributed by atoms with Gasteiger partial charge in [-0.25, -0.2) is 4.68 Å². The van der Waals surface area contributed by atoms with Crippen LogP contribution in [0.25, 0.3) is 0 Å². The molecule has 1 aliphatic rings. The van der Waals surface area contributed by atoms with Crippen molar-refractivity contribution in [3.63, 3.8) is 0 Å². The first kappa shape index (κ1) is 11.5. The van der Waals surface area contributed by atoms with E-state index in [2.05, 4.69) is 27.3 Å². The maximum absolute atomic E-state index is 9.08. The van der Waals surface area contributed by atoms with Crippen molar-refractivity contribution in [2.45, 2.75) is 32.9 Å². The average molecular weight is 225 g/mol. The lowest BCUT2D eigenvalue weighted by molar-refractivity contribution is 0.218. The number of nitrogens with zero attached hydrogens (tertiary/aromatic N) is 5. The molecule has 2 rings (SSSR count). The molecule has 1 unspecified atom stereocenters. The topological polar surface area (TPSA) is 67.1 Å². The van der Waals surface area contributed by atoms with Gasteiger partial charge in [-0.2, -0.15) is 0 Å². The fraction of sp³-hybridized carbons (Fsp3) is 0.900. The third kappa shape index (κ3) is 2.56. The number of rotatable bonds is 5. The summed E-state index contributed by atoms with van der Waals surface area (Å²) in [5, 5.41) is 20.8. The highest BCUT2D eigenvalue weighted by atomic mass is 16.3. The minimum absolute atomic E-state index is 0.288. The molecule has 0 radical (unpaired) electrons. The van der Waals surface area contributed by atoms with Crippen molar-refractivity contribution in [1.29, 1.82) is 0 Å². The van der Waals surface area contributed by atoms with Gasteiger partial charge in [-0.05, 0) is 35.7 Å². The van der Waals surface area contributed by atoms with Gasteiger partial charge in [-0.15, -0.1) is 5.10 Å². The molecular weight excluding hydrogens is 206 g/mol. The maximum atomic E-state index is 9.08. The largest absolute Gasteiger partial charge is 0.396 e. The Morgan fingerprint density at radius 1 is 1.50 bits per heavy atom. The molecule has 0 bridgehead atoms. The minimum Gasteiger partial charge on any atom is -0.396 e. The lowest BCUT2D eigenvalue weighted by atomic mass is 10.1. The molecule has 0 spiro atoms. The van der Waals surface area contributed by atoms with Crippen LogP contribution in [-0.4, -0.2) is 49.9 Å². The first-order valence-electron chi connectivity index (χ1n) is 5.91. The Hall–Kier alpha value is -1.01. The van der Waals surface area contributed by atoms with Crippen LogP contribution in [0.4, 0.5) is 0 Å². The highest BCUT2D eigenvalue weighted by Gasteiger charge is 2.23. The molecule has 0 aliphatic carbocycles. The second kappa shape index (κ2) is 5.36. The monoisotopic (exact) mass is 225 g/mol. The number of aliphatic hydroxyl groups is 1. The molecule has 1 saturated heterocycles. The molecule has 1 aliphatic heterocycles. The van der Waals surface area contributed by atoms with Crippen LogP contribution in [0.1, 0.15) is 25.6 Å². The number of aromatic nitrogens is 4. The zero-order valence-corrected chi connectivity index (χ0v) is 9.71.